The van der Waals surface area contributed by atoms with Crippen LogP contribution in [0, 0.1) is 0 Å². The number of rotatable bonds is 6. The molecule has 0 aliphatic heterocycles. The van der Waals surface area contributed by atoms with Crippen molar-refractivity contribution in [3.05, 3.63) is 53.7 Å². The van der Waals surface area contributed by atoms with Crippen LogP contribution in [0.5, 0.6) is 5.75 Å². The van der Waals surface area contributed by atoms with Crippen molar-refractivity contribution in [1.82, 2.24) is 14.7 Å². The van der Waals surface area contributed by atoms with E-state index in [1.807, 2.05) is 38.1 Å². The van der Waals surface area contributed by atoms with Gasteiger partial charge in [-0.25, -0.2) is 0 Å². The number of carboxylic acids is 1. The number of aromatic nitrogens is 3. The predicted octanol–water partition coefficient (Wildman–Crippen LogP) is 3.55. The maximum Gasteiger partial charge on any atom is 0.258 e. The van der Waals surface area contributed by atoms with Gasteiger partial charge in [0.2, 0.25) is 5.82 Å². The summed E-state index contributed by atoms with van der Waals surface area (Å²) < 4.78 is 12.7. The Bertz CT molecular complexity index is 1200. The molecule has 148 valence electrons. The Hall–Kier alpha value is -3.32. The van der Waals surface area contributed by atoms with Crippen molar-refractivity contribution in [2.75, 3.05) is 0 Å². The van der Waals surface area contributed by atoms with Gasteiger partial charge in [-0.3, -0.25) is 0 Å². The van der Waals surface area contributed by atoms with Crippen molar-refractivity contribution in [1.29, 1.82) is 0 Å². The van der Waals surface area contributed by atoms with Crippen LogP contribution in [-0.4, -0.2) is 26.8 Å². The summed E-state index contributed by atoms with van der Waals surface area (Å²) in [5, 5.41) is 16.3. The third kappa shape index (κ3) is 3.82. The first-order chi connectivity index (χ1) is 13.9. The fourth-order valence-corrected chi connectivity index (χ4v) is 3.35. The zero-order chi connectivity index (χ0) is 20.5. The van der Waals surface area contributed by atoms with Gasteiger partial charge in [0.25, 0.3) is 5.89 Å². The second-order valence-electron chi connectivity index (χ2n) is 6.79. The predicted molar refractivity (Wildman–Crippen MR) is 106 cm³/mol. The molecule has 29 heavy (non-hydrogen) atoms. The number of benzene rings is 2. The van der Waals surface area contributed by atoms with Crippen molar-refractivity contribution in [2.24, 2.45) is 0 Å². The third-order valence-electron chi connectivity index (χ3n) is 4.32. The maximum absolute atomic E-state index is 10.9. The third-order valence-corrected chi connectivity index (χ3v) is 4.62. The molecule has 4 aromatic rings. The van der Waals surface area contributed by atoms with E-state index in [9.17, 15) is 9.90 Å². The Morgan fingerprint density at radius 2 is 2.10 bits per heavy atom. The fraction of sp³-hybridized carbons (Fsp3) is 0.190. The molecule has 0 N–H and O–H groups in total. The standard InChI is InChI=1S/C21H18ClN3O4/c1-12(2)28-18-7-6-13(10-16(18)22)21-23-20(24-29-21)15-4-3-5-17-14(15)8-9-25(17)11-19(26)27/h3-10,12H,11H2,1-2H3,(H,26,27)/p-1. The highest BCUT2D eigenvalue weighted by atomic mass is 35.5. The van der Waals surface area contributed by atoms with Gasteiger partial charge in [-0.1, -0.05) is 28.9 Å². The first kappa shape index (κ1) is 19.0. The van der Waals surface area contributed by atoms with Gasteiger partial charge in [0.05, 0.1) is 23.6 Å². The lowest BCUT2D eigenvalue weighted by Gasteiger charge is -2.11. The number of carbonyl (C=O) groups is 1. The van der Waals surface area contributed by atoms with E-state index in [4.69, 9.17) is 20.9 Å². The summed E-state index contributed by atoms with van der Waals surface area (Å²) in [6.07, 6.45) is 1.70. The quantitative estimate of drug-likeness (QED) is 0.482. The molecule has 4 rings (SSSR count). The van der Waals surface area contributed by atoms with Crippen LogP contribution in [0.15, 0.2) is 53.2 Å². The highest BCUT2D eigenvalue weighted by Gasteiger charge is 2.16. The normalized spacial score (nSPS) is 11.3. The molecule has 0 spiro atoms. The molecule has 0 saturated heterocycles. The summed E-state index contributed by atoms with van der Waals surface area (Å²) in [6, 6.07) is 12.6. The van der Waals surface area contributed by atoms with E-state index in [0.717, 1.165) is 16.5 Å². The van der Waals surface area contributed by atoms with E-state index in [2.05, 4.69) is 10.1 Å². The molecular weight excluding hydrogens is 394 g/mol. The minimum atomic E-state index is -1.16. The number of hydrogen-bond donors (Lipinski definition) is 0. The van der Waals surface area contributed by atoms with Crippen LogP contribution in [0.3, 0.4) is 0 Å². The van der Waals surface area contributed by atoms with Gasteiger partial charge in [-0.05, 0) is 44.2 Å². The number of nitrogens with zero attached hydrogens (tertiary/aromatic N) is 3. The zero-order valence-electron chi connectivity index (χ0n) is 15.8. The summed E-state index contributed by atoms with van der Waals surface area (Å²) in [4.78, 5) is 15.4. The molecule has 0 bridgehead atoms. The summed E-state index contributed by atoms with van der Waals surface area (Å²) >= 11 is 6.30. The Kier molecular flexibility index (Phi) is 4.98. The number of halogens is 1. The van der Waals surface area contributed by atoms with E-state index in [-0.39, 0.29) is 12.6 Å². The molecule has 0 saturated carbocycles. The minimum absolute atomic E-state index is 0.0121. The van der Waals surface area contributed by atoms with Gasteiger partial charge in [0, 0.05) is 28.2 Å². The first-order valence-electron chi connectivity index (χ1n) is 9.00. The highest BCUT2D eigenvalue weighted by Crippen LogP contribution is 2.33. The number of aliphatic carboxylic acids is 1. The Morgan fingerprint density at radius 1 is 1.28 bits per heavy atom. The zero-order valence-corrected chi connectivity index (χ0v) is 16.5. The van der Waals surface area contributed by atoms with Crippen LogP contribution >= 0.6 is 11.6 Å². The molecule has 0 aliphatic rings. The molecule has 0 amide bonds. The molecule has 0 aliphatic carbocycles. The molecule has 2 aromatic carbocycles. The van der Waals surface area contributed by atoms with E-state index < -0.39 is 5.97 Å². The van der Waals surface area contributed by atoms with Crippen molar-refractivity contribution in [3.63, 3.8) is 0 Å². The van der Waals surface area contributed by atoms with Gasteiger partial charge in [-0.15, -0.1) is 0 Å². The first-order valence-corrected chi connectivity index (χ1v) is 9.38. The lowest BCUT2D eigenvalue weighted by molar-refractivity contribution is -0.306. The molecule has 0 fully saturated rings. The van der Waals surface area contributed by atoms with E-state index in [1.165, 1.54) is 0 Å². The molecule has 0 atom stereocenters. The van der Waals surface area contributed by atoms with E-state index in [1.54, 1.807) is 29.0 Å². The van der Waals surface area contributed by atoms with Crippen LogP contribution in [0.1, 0.15) is 13.8 Å². The number of carbonyl (C=O) groups excluding carboxylic acids is 1. The lowest BCUT2D eigenvalue weighted by Crippen LogP contribution is -2.27. The minimum Gasteiger partial charge on any atom is -0.548 e. The molecule has 7 nitrogen and oxygen atoms in total. The number of fused-ring (bicyclic) bond motifs is 1. The summed E-state index contributed by atoms with van der Waals surface area (Å²) in [7, 11) is 0. The van der Waals surface area contributed by atoms with Gasteiger partial charge in [0.1, 0.15) is 5.75 Å². The van der Waals surface area contributed by atoms with Crippen molar-refractivity contribution >= 4 is 28.5 Å². The topological polar surface area (TPSA) is 93.2 Å². The van der Waals surface area contributed by atoms with E-state index >= 15 is 0 Å². The van der Waals surface area contributed by atoms with Crippen LogP contribution in [0.2, 0.25) is 5.02 Å². The lowest BCUT2D eigenvalue weighted by atomic mass is 10.1. The van der Waals surface area contributed by atoms with Crippen LogP contribution < -0.4 is 9.84 Å². The van der Waals surface area contributed by atoms with Gasteiger partial charge >= 0.3 is 0 Å². The van der Waals surface area contributed by atoms with E-state index in [0.29, 0.717) is 28.1 Å². The molecule has 8 heteroatoms. The Balaban J connectivity index is 1.69. The second kappa shape index (κ2) is 7.60. The number of ether oxygens (including phenoxy) is 1. The van der Waals surface area contributed by atoms with Crippen molar-refractivity contribution in [2.45, 2.75) is 26.5 Å². The summed E-state index contributed by atoms with van der Waals surface area (Å²) in [5.41, 5.74) is 2.16. The van der Waals surface area contributed by atoms with Crippen LogP contribution in [0.4, 0.5) is 0 Å². The molecular formula is C21H17ClN3O4-. The molecule has 2 aromatic heterocycles. The van der Waals surface area contributed by atoms with Crippen molar-refractivity contribution in [3.8, 4) is 28.6 Å². The smallest absolute Gasteiger partial charge is 0.258 e. The maximum atomic E-state index is 10.9. The summed E-state index contributed by atoms with van der Waals surface area (Å²) in [6.45, 7) is 3.62. The average molecular weight is 411 g/mol. The fourth-order valence-electron chi connectivity index (χ4n) is 3.13. The Morgan fingerprint density at radius 3 is 2.83 bits per heavy atom. The molecule has 0 radical (unpaired) electrons. The number of hydrogen-bond acceptors (Lipinski definition) is 6. The summed E-state index contributed by atoms with van der Waals surface area (Å²) in [5.74, 6) is 0.153. The van der Waals surface area contributed by atoms with Gasteiger partial charge in [-0.2, -0.15) is 4.98 Å². The molecule has 2 heterocycles. The highest BCUT2D eigenvalue weighted by molar-refractivity contribution is 6.32. The van der Waals surface area contributed by atoms with Gasteiger partial charge in [0.15, 0.2) is 0 Å². The van der Waals surface area contributed by atoms with Gasteiger partial charge < -0.3 is 23.7 Å². The number of carboxylic acid groups (broad SMARTS) is 1. The van der Waals surface area contributed by atoms with Crippen molar-refractivity contribution < 1.29 is 19.2 Å². The Labute approximate surface area is 171 Å². The largest absolute Gasteiger partial charge is 0.548 e. The van der Waals surface area contributed by atoms with Crippen LogP contribution in [-0.2, 0) is 11.3 Å². The monoisotopic (exact) mass is 410 g/mol. The average Bonchev–Trinajstić information content (AvgIpc) is 3.30. The van der Waals surface area contributed by atoms with Crippen LogP contribution in [0.25, 0.3) is 33.7 Å². The SMILES string of the molecule is CC(C)Oc1ccc(-c2nc(-c3cccc4c3ccn4CC(=O)[O-])no2)cc1Cl. The molecule has 0 unspecified atom stereocenters. The second-order valence-corrected chi connectivity index (χ2v) is 7.20.